The molecule has 2 aromatic heterocycles. The summed E-state index contributed by atoms with van der Waals surface area (Å²) in [7, 11) is 0. The van der Waals surface area contributed by atoms with Crippen LogP contribution in [0.2, 0.25) is 0 Å². The molecule has 0 spiro atoms. The lowest BCUT2D eigenvalue weighted by molar-refractivity contribution is -0.166. The lowest BCUT2D eigenvalue weighted by Gasteiger charge is -2.24. The van der Waals surface area contributed by atoms with Crippen molar-refractivity contribution < 1.29 is 29.4 Å². The van der Waals surface area contributed by atoms with E-state index in [0.717, 1.165) is 0 Å². The van der Waals surface area contributed by atoms with E-state index in [0.29, 0.717) is 11.4 Å². The Morgan fingerprint density at radius 3 is 1.48 bits per heavy atom. The smallest absolute Gasteiger partial charge is 0.321 e. The predicted molar refractivity (Wildman–Crippen MR) is 108 cm³/mol. The third kappa shape index (κ3) is 7.18. The minimum atomic E-state index is -2.25. The number of carboxylic acid groups (broad SMARTS) is 2. The van der Waals surface area contributed by atoms with Crippen LogP contribution in [0.25, 0.3) is 0 Å². The zero-order valence-electron chi connectivity index (χ0n) is 16.8. The second-order valence-corrected chi connectivity index (χ2v) is 6.89. The van der Waals surface area contributed by atoms with E-state index in [2.05, 4.69) is 20.6 Å². The second kappa shape index (κ2) is 11.4. The Bertz CT molecular complexity index is 829. The van der Waals surface area contributed by atoms with Crippen LogP contribution in [-0.4, -0.2) is 43.9 Å². The summed E-state index contributed by atoms with van der Waals surface area (Å²) in [6, 6.07) is 10.4. The summed E-state index contributed by atoms with van der Waals surface area (Å²) in [6.07, 6.45) is 1.61. The number of carbonyl (C=O) groups excluding carboxylic acids is 2. The molecule has 0 unspecified atom stereocenters. The molecule has 164 valence electrons. The number of nitrogens with zero attached hydrogens (tertiary/aromatic N) is 2. The summed E-state index contributed by atoms with van der Waals surface area (Å²) in [5.41, 5.74) is -1.02. The van der Waals surface area contributed by atoms with Gasteiger partial charge in [-0.25, -0.2) is 0 Å². The van der Waals surface area contributed by atoms with Crippen molar-refractivity contribution in [2.24, 2.45) is 5.41 Å². The second-order valence-electron chi connectivity index (χ2n) is 6.89. The third-order valence-electron chi connectivity index (χ3n) is 4.76. The maximum absolute atomic E-state index is 12.1. The van der Waals surface area contributed by atoms with Gasteiger partial charge in [-0.2, -0.15) is 0 Å². The van der Waals surface area contributed by atoms with E-state index in [4.69, 9.17) is 0 Å². The van der Waals surface area contributed by atoms with E-state index in [-0.39, 0.29) is 25.9 Å². The Labute approximate surface area is 178 Å². The fourth-order valence-electron chi connectivity index (χ4n) is 2.86. The van der Waals surface area contributed by atoms with E-state index in [1.807, 2.05) is 0 Å². The number of carbonyl (C=O) groups is 4. The number of aliphatic carboxylic acids is 2. The van der Waals surface area contributed by atoms with Crippen LogP contribution in [0.4, 0.5) is 0 Å². The zero-order chi connectivity index (χ0) is 22.7. The fourth-order valence-corrected chi connectivity index (χ4v) is 2.86. The number of hydrogen-bond donors (Lipinski definition) is 4. The van der Waals surface area contributed by atoms with Gasteiger partial charge in [0, 0.05) is 25.2 Å². The molecular formula is C21H24N4O6. The molecule has 0 saturated carbocycles. The van der Waals surface area contributed by atoms with Crippen LogP contribution < -0.4 is 10.6 Å². The molecule has 0 aliphatic rings. The van der Waals surface area contributed by atoms with Crippen molar-refractivity contribution in [1.29, 1.82) is 0 Å². The Kier molecular flexibility index (Phi) is 8.62. The van der Waals surface area contributed by atoms with Crippen LogP contribution in [0.15, 0.2) is 48.8 Å². The normalized spacial score (nSPS) is 10.8. The van der Waals surface area contributed by atoms with Gasteiger partial charge in [-0.05, 0) is 37.1 Å². The van der Waals surface area contributed by atoms with Gasteiger partial charge in [0.05, 0.1) is 24.5 Å². The molecule has 0 radical (unpaired) electrons. The number of hydrogen-bond acceptors (Lipinski definition) is 6. The molecule has 2 aromatic rings. The van der Waals surface area contributed by atoms with Gasteiger partial charge in [-0.1, -0.05) is 12.1 Å². The molecule has 0 fully saturated rings. The van der Waals surface area contributed by atoms with Gasteiger partial charge < -0.3 is 20.8 Å². The summed E-state index contributed by atoms with van der Waals surface area (Å²) in [6.45, 7) is 0.283. The number of aromatic nitrogens is 2. The van der Waals surface area contributed by atoms with Gasteiger partial charge >= 0.3 is 11.9 Å². The third-order valence-corrected chi connectivity index (χ3v) is 4.76. The fraction of sp³-hybridized carbons (Fsp3) is 0.333. The van der Waals surface area contributed by atoms with Crippen LogP contribution in [0.5, 0.6) is 0 Å². The summed E-state index contributed by atoms with van der Waals surface area (Å²) < 4.78 is 0. The molecule has 0 aliphatic carbocycles. The maximum atomic E-state index is 12.1. The van der Waals surface area contributed by atoms with E-state index in [1.54, 1.807) is 48.8 Å². The van der Waals surface area contributed by atoms with Crippen LogP contribution in [0.1, 0.15) is 37.1 Å². The molecule has 10 nitrogen and oxygen atoms in total. The molecule has 0 aliphatic heterocycles. The Morgan fingerprint density at radius 1 is 0.742 bits per heavy atom. The predicted octanol–water partition coefficient (Wildman–Crippen LogP) is 1.13. The summed E-state index contributed by atoms with van der Waals surface area (Å²) in [4.78, 5) is 55.9. The van der Waals surface area contributed by atoms with Gasteiger partial charge in [0.2, 0.25) is 11.8 Å². The van der Waals surface area contributed by atoms with Crippen LogP contribution >= 0.6 is 0 Å². The lowest BCUT2D eigenvalue weighted by atomic mass is 9.78. The van der Waals surface area contributed by atoms with E-state index in [1.165, 1.54) is 0 Å². The van der Waals surface area contributed by atoms with E-state index >= 15 is 0 Å². The first-order valence-corrected chi connectivity index (χ1v) is 9.63. The first-order chi connectivity index (χ1) is 14.8. The minimum absolute atomic E-state index is 0.142. The quantitative estimate of drug-likeness (QED) is 0.366. The molecule has 10 heteroatoms. The molecule has 4 N–H and O–H groups in total. The highest BCUT2D eigenvalue weighted by atomic mass is 16.4. The van der Waals surface area contributed by atoms with Crippen LogP contribution in [-0.2, 0) is 32.3 Å². The number of rotatable bonds is 12. The van der Waals surface area contributed by atoms with E-state index in [9.17, 15) is 29.4 Å². The summed E-state index contributed by atoms with van der Waals surface area (Å²) in [5, 5.41) is 24.3. The maximum Gasteiger partial charge on any atom is 0.321 e. The monoisotopic (exact) mass is 428 g/mol. The number of pyridine rings is 2. The van der Waals surface area contributed by atoms with Crippen LogP contribution in [0.3, 0.4) is 0 Å². The lowest BCUT2D eigenvalue weighted by Crippen LogP contribution is -2.41. The highest BCUT2D eigenvalue weighted by Gasteiger charge is 2.46. The molecule has 2 heterocycles. The van der Waals surface area contributed by atoms with Crippen molar-refractivity contribution in [1.82, 2.24) is 20.6 Å². The molecule has 0 bridgehead atoms. The minimum Gasteiger partial charge on any atom is -0.480 e. The average Bonchev–Trinajstić information content (AvgIpc) is 2.77. The highest BCUT2D eigenvalue weighted by Crippen LogP contribution is 2.31. The molecule has 2 rings (SSSR count). The first kappa shape index (κ1) is 23.5. The molecule has 2 amide bonds. The number of nitrogens with one attached hydrogen (secondary N) is 2. The van der Waals surface area contributed by atoms with Crippen molar-refractivity contribution in [3.8, 4) is 0 Å². The number of amides is 2. The van der Waals surface area contributed by atoms with Crippen molar-refractivity contribution in [3.63, 3.8) is 0 Å². The Hall–Kier alpha value is -3.82. The van der Waals surface area contributed by atoms with Crippen LogP contribution in [0, 0.1) is 5.41 Å². The van der Waals surface area contributed by atoms with Crippen molar-refractivity contribution >= 4 is 23.8 Å². The van der Waals surface area contributed by atoms with Crippen molar-refractivity contribution in [3.05, 3.63) is 60.2 Å². The Balaban J connectivity index is 1.90. The summed E-state index contributed by atoms with van der Waals surface area (Å²) >= 11 is 0. The molecule has 0 saturated heterocycles. The van der Waals surface area contributed by atoms with E-state index < -0.39 is 42.0 Å². The molecule has 31 heavy (non-hydrogen) atoms. The van der Waals surface area contributed by atoms with Gasteiger partial charge in [0.15, 0.2) is 5.41 Å². The van der Waals surface area contributed by atoms with Gasteiger partial charge in [0.1, 0.15) is 0 Å². The largest absolute Gasteiger partial charge is 0.480 e. The topological polar surface area (TPSA) is 159 Å². The van der Waals surface area contributed by atoms with Gasteiger partial charge in [0.25, 0.3) is 0 Å². The number of carboxylic acids is 2. The standard InChI is InChI=1S/C21H24N4O6/c26-17(24-13-15-5-1-3-11-22-15)7-9-21(19(28)29,20(30)31)10-8-18(27)25-14-16-6-2-4-12-23-16/h1-6,11-12H,7-10,13-14H2,(H,24,26)(H,25,27)(H,28,29)(H,30,31). The molecule has 0 atom stereocenters. The zero-order valence-corrected chi connectivity index (χ0v) is 16.8. The first-order valence-electron chi connectivity index (χ1n) is 9.63. The SMILES string of the molecule is O=C(CCC(CCC(=O)NCc1ccccn1)(C(=O)O)C(=O)O)NCc1ccccn1. The summed E-state index contributed by atoms with van der Waals surface area (Å²) in [5.74, 6) is -4.18. The van der Waals surface area contributed by atoms with Gasteiger partial charge in [-0.15, -0.1) is 0 Å². The molecule has 0 aromatic carbocycles. The average molecular weight is 428 g/mol. The van der Waals surface area contributed by atoms with Gasteiger partial charge in [-0.3, -0.25) is 29.1 Å². The molecular weight excluding hydrogens is 404 g/mol. The van der Waals surface area contributed by atoms with Crippen molar-refractivity contribution in [2.75, 3.05) is 0 Å². The van der Waals surface area contributed by atoms with Crippen molar-refractivity contribution in [2.45, 2.75) is 38.8 Å². The Morgan fingerprint density at radius 2 is 1.16 bits per heavy atom. The highest BCUT2D eigenvalue weighted by molar-refractivity contribution is 5.99.